The van der Waals surface area contributed by atoms with Crippen molar-refractivity contribution in [2.75, 3.05) is 13.2 Å². The van der Waals surface area contributed by atoms with Gasteiger partial charge in [-0.1, -0.05) is 25.9 Å². The molecule has 1 aliphatic heterocycles. The van der Waals surface area contributed by atoms with Crippen LogP contribution in [0.4, 0.5) is 0 Å². The molecule has 2 heterocycles. The number of carbonyl (C=O) groups excluding carboxylic acids is 1. The molecule has 1 saturated heterocycles. The number of aromatic nitrogens is 2. The van der Waals surface area contributed by atoms with E-state index in [9.17, 15) is 4.79 Å². The minimum Gasteiger partial charge on any atom is -0.381 e. The summed E-state index contributed by atoms with van der Waals surface area (Å²) in [5.74, 6) is 1.30. The summed E-state index contributed by atoms with van der Waals surface area (Å²) in [6.45, 7) is 7.24. The van der Waals surface area contributed by atoms with E-state index in [0.717, 1.165) is 13.0 Å². The molecule has 6 heteroatoms. The van der Waals surface area contributed by atoms with Crippen LogP contribution in [-0.2, 0) is 16.1 Å². The summed E-state index contributed by atoms with van der Waals surface area (Å²) in [6, 6.07) is 0. The predicted molar refractivity (Wildman–Crippen MR) is 63.8 cm³/mol. The van der Waals surface area contributed by atoms with Crippen molar-refractivity contribution in [3.05, 3.63) is 11.7 Å². The lowest BCUT2D eigenvalue weighted by Gasteiger charge is -2.16. The molecule has 0 aliphatic carbocycles. The Balaban J connectivity index is 1.89. The van der Waals surface area contributed by atoms with Gasteiger partial charge in [-0.2, -0.15) is 4.98 Å². The molecule has 1 aromatic heterocycles. The van der Waals surface area contributed by atoms with Crippen LogP contribution in [0.25, 0.3) is 0 Å². The van der Waals surface area contributed by atoms with Crippen molar-refractivity contribution in [3.8, 4) is 0 Å². The van der Waals surface area contributed by atoms with Gasteiger partial charge in [0.2, 0.25) is 11.8 Å². The Labute approximate surface area is 106 Å². The Hall–Kier alpha value is -1.43. The summed E-state index contributed by atoms with van der Waals surface area (Å²) in [7, 11) is 0. The summed E-state index contributed by atoms with van der Waals surface area (Å²) in [5.41, 5.74) is -0.415. The van der Waals surface area contributed by atoms with E-state index in [1.54, 1.807) is 0 Å². The van der Waals surface area contributed by atoms with Gasteiger partial charge in [0.15, 0.2) is 5.82 Å². The number of rotatable bonds is 3. The number of nitrogens with zero attached hydrogens (tertiary/aromatic N) is 2. The first-order valence-corrected chi connectivity index (χ1v) is 6.15. The largest absolute Gasteiger partial charge is 0.381 e. The second-order valence-electron chi connectivity index (χ2n) is 5.54. The zero-order valence-electron chi connectivity index (χ0n) is 11.0. The molecular weight excluding hydrogens is 234 g/mol. The fourth-order valence-electron chi connectivity index (χ4n) is 1.66. The van der Waals surface area contributed by atoms with Gasteiger partial charge in [0, 0.05) is 17.9 Å². The first kappa shape index (κ1) is 13.0. The molecule has 1 aromatic rings. The molecule has 0 bridgehead atoms. The van der Waals surface area contributed by atoms with E-state index in [4.69, 9.17) is 9.26 Å². The van der Waals surface area contributed by atoms with Crippen LogP contribution in [0, 0.1) is 5.41 Å². The smallest absolute Gasteiger partial charge is 0.246 e. The lowest BCUT2D eigenvalue weighted by molar-refractivity contribution is -0.128. The molecule has 1 fully saturated rings. The highest BCUT2D eigenvalue weighted by atomic mass is 16.5. The molecule has 6 nitrogen and oxygen atoms in total. The van der Waals surface area contributed by atoms with Crippen LogP contribution >= 0.6 is 0 Å². The van der Waals surface area contributed by atoms with E-state index >= 15 is 0 Å². The van der Waals surface area contributed by atoms with Crippen molar-refractivity contribution >= 4 is 5.91 Å². The van der Waals surface area contributed by atoms with Gasteiger partial charge in [-0.05, 0) is 6.42 Å². The summed E-state index contributed by atoms with van der Waals surface area (Å²) in [5, 5.41) is 6.70. The maximum Gasteiger partial charge on any atom is 0.246 e. The average molecular weight is 253 g/mol. The molecule has 1 unspecified atom stereocenters. The SMILES string of the molecule is CC(C)(C)C(=O)NCc1nc(C2CCOC2)no1. The van der Waals surface area contributed by atoms with Crippen LogP contribution in [0.1, 0.15) is 44.8 Å². The summed E-state index contributed by atoms with van der Waals surface area (Å²) in [4.78, 5) is 16.0. The third kappa shape index (κ3) is 3.07. The highest BCUT2D eigenvalue weighted by Gasteiger charge is 2.24. The second-order valence-corrected chi connectivity index (χ2v) is 5.54. The van der Waals surface area contributed by atoms with Gasteiger partial charge < -0.3 is 14.6 Å². The van der Waals surface area contributed by atoms with Crippen molar-refractivity contribution in [1.82, 2.24) is 15.5 Å². The molecule has 1 amide bonds. The minimum absolute atomic E-state index is 0.0357. The highest BCUT2D eigenvalue weighted by molar-refractivity contribution is 5.81. The quantitative estimate of drug-likeness (QED) is 0.876. The zero-order chi connectivity index (χ0) is 13.2. The van der Waals surface area contributed by atoms with Gasteiger partial charge in [0.05, 0.1) is 13.2 Å². The molecule has 1 N–H and O–H groups in total. The van der Waals surface area contributed by atoms with Gasteiger partial charge in [-0.3, -0.25) is 4.79 Å². The fraction of sp³-hybridized carbons (Fsp3) is 0.750. The number of hydrogen-bond donors (Lipinski definition) is 1. The van der Waals surface area contributed by atoms with E-state index in [2.05, 4.69) is 15.5 Å². The van der Waals surface area contributed by atoms with Gasteiger partial charge >= 0.3 is 0 Å². The first-order chi connectivity index (χ1) is 8.47. The monoisotopic (exact) mass is 253 g/mol. The zero-order valence-corrected chi connectivity index (χ0v) is 11.0. The number of carbonyl (C=O) groups is 1. The van der Waals surface area contributed by atoms with Crippen LogP contribution in [0.15, 0.2) is 4.52 Å². The van der Waals surface area contributed by atoms with E-state index in [0.29, 0.717) is 18.3 Å². The normalized spacial score (nSPS) is 20.1. The first-order valence-electron chi connectivity index (χ1n) is 6.15. The number of ether oxygens (including phenoxy) is 1. The molecule has 100 valence electrons. The van der Waals surface area contributed by atoms with Crippen molar-refractivity contribution in [2.45, 2.75) is 39.7 Å². The third-order valence-electron chi connectivity index (χ3n) is 2.86. The summed E-state index contributed by atoms with van der Waals surface area (Å²) in [6.07, 6.45) is 0.924. The number of amides is 1. The molecule has 0 spiro atoms. The van der Waals surface area contributed by atoms with Crippen LogP contribution in [0.5, 0.6) is 0 Å². The maximum atomic E-state index is 11.7. The Kier molecular flexibility index (Phi) is 3.65. The number of hydrogen-bond acceptors (Lipinski definition) is 5. The summed E-state index contributed by atoms with van der Waals surface area (Å²) < 4.78 is 10.4. The lowest BCUT2D eigenvalue weighted by Crippen LogP contribution is -2.34. The Morgan fingerprint density at radius 1 is 1.50 bits per heavy atom. The van der Waals surface area contributed by atoms with Crippen molar-refractivity contribution in [3.63, 3.8) is 0 Å². The molecule has 18 heavy (non-hydrogen) atoms. The highest BCUT2D eigenvalue weighted by Crippen LogP contribution is 2.22. The van der Waals surface area contributed by atoms with E-state index in [-0.39, 0.29) is 18.4 Å². The fourth-order valence-corrected chi connectivity index (χ4v) is 1.66. The van der Waals surface area contributed by atoms with E-state index < -0.39 is 5.41 Å². The van der Waals surface area contributed by atoms with E-state index in [1.165, 1.54) is 0 Å². The molecule has 1 atom stereocenters. The van der Waals surface area contributed by atoms with Gasteiger partial charge in [0.1, 0.15) is 0 Å². The van der Waals surface area contributed by atoms with Crippen LogP contribution < -0.4 is 5.32 Å². The van der Waals surface area contributed by atoms with Crippen LogP contribution in [0.2, 0.25) is 0 Å². The molecular formula is C12H19N3O3. The topological polar surface area (TPSA) is 77.2 Å². The molecule has 0 radical (unpaired) electrons. The van der Waals surface area contributed by atoms with Crippen molar-refractivity contribution < 1.29 is 14.1 Å². The van der Waals surface area contributed by atoms with Gasteiger partial charge in [-0.15, -0.1) is 0 Å². The molecule has 0 aromatic carbocycles. The third-order valence-corrected chi connectivity index (χ3v) is 2.86. The molecule has 1 aliphatic rings. The average Bonchev–Trinajstić information content (AvgIpc) is 2.94. The van der Waals surface area contributed by atoms with Crippen molar-refractivity contribution in [1.29, 1.82) is 0 Å². The van der Waals surface area contributed by atoms with Crippen molar-refractivity contribution in [2.24, 2.45) is 5.41 Å². The number of nitrogens with one attached hydrogen (secondary N) is 1. The molecule has 0 saturated carbocycles. The maximum absolute atomic E-state index is 11.7. The van der Waals surface area contributed by atoms with Crippen LogP contribution in [0.3, 0.4) is 0 Å². The molecule has 2 rings (SSSR count). The Bertz CT molecular complexity index is 416. The Morgan fingerprint density at radius 2 is 2.28 bits per heavy atom. The lowest BCUT2D eigenvalue weighted by atomic mass is 9.96. The van der Waals surface area contributed by atoms with Gasteiger partial charge in [0.25, 0.3) is 0 Å². The Morgan fingerprint density at radius 3 is 2.89 bits per heavy atom. The van der Waals surface area contributed by atoms with E-state index in [1.807, 2.05) is 20.8 Å². The van der Waals surface area contributed by atoms with Crippen LogP contribution in [-0.4, -0.2) is 29.3 Å². The van der Waals surface area contributed by atoms with Gasteiger partial charge in [-0.25, -0.2) is 0 Å². The summed E-state index contributed by atoms with van der Waals surface area (Å²) >= 11 is 0. The predicted octanol–water partition coefficient (Wildman–Crippen LogP) is 1.24. The minimum atomic E-state index is -0.415. The standard InChI is InChI=1S/C12H19N3O3/c1-12(2,3)11(16)13-6-9-14-10(15-18-9)8-4-5-17-7-8/h8H,4-7H2,1-3H3,(H,13,16). The second kappa shape index (κ2) is 5.06.